The van der Waals surface area contributed by atoms with Gasteiger partial charge in [-0.3, -0.25) is 0 Å². The van der Waals surface area contributed by atoms with Gasteiger partial charge in [0.2, 0.25) is 0 Å². The van der Waals surface area contributed by atoms with Crippen molar-refractivity contribution in [2.24, 2.45) is 0 Å². The molecule has 2 rings (SSSR count). The fourth-order valence-electron chi connectivity index (χ4n) is 2.35. The normalized spacial score (nSPS) is 12.4. The third kappa shape index (κ3) is 3.78. The van der Waals surface area contributed by atoms with Gasteiger partial charge in [0.15, 0.2) is 11.5 Å². The molecule has 0 amide bonds. The van der Waals surface area contributed by atoms with Crippen LogP contribution in [0.25, 0.3) is 0 Å². The zero-order valence-electron chi connectivity index (χ0n) is 12.7. The van der Waals surface area contributed by atoms with Crippen molar-refractivity contribution in [2.75, 3.05) is 7.11 Å². The van der Waals surface area contributed by atoms with Gasteiger partial charge >= 0.3 is 0 Å². The zero-order valence-corrected chi connectivity index (χ0v) is 15.1. The van der Waals surface area contributed by atoms with Crippen LogP contribution in [0.1, 0.15) is 33.8 Å². The van der Waals surface area contributed by atoms with Crippen LogP contribution in [0.4, 0.5) is 0 Å². The Labute approximate surface area is 138 Å². The SMILES string of the molecule is COc1cc(CNC(C)c2cc(C)sc2C)cc(Br)c1O. The highest BCUT2D eigenvalue weighted by molar-refractivity contribution is 9.10. The first-order valence-electron chi connectivity index (χ1n) is 6.78. The first kappa shape index (κ1) is 16.3. The van der Waals surface area contributed by atoms with Crippen LogP contribution in [0, 0.1) is 13.8 Å². The summed E-state index contributed by atoms with van der Waals surface area (Å²) in [6, 6.07) is 6.29. The number of phenolic OH excluding ortho intramolecular Hbond substituents is 1. The molecule has 2 aromatic rings. The third-order valence-electron chi connectivity index (χ3n) is 3.47. The lowest BCUT2D eigenvalue weighted by molar-refractivity contribution is 0.371. The van der Waals surface area contributed by atoms with Crippen molar-refractivity contribution in [3.05, 3.63) is 43.6 Å². The zero-order chi connectivity index (χ0) is 15.6. The second-order valence-corrected chi connectivity index (χ2v) is 7.41. The van der Waals surface area contributed by atoms with E-state index in [-0.39, 0.29) is 11.8 Å². The maximum Gasteiger partial charge on any atom is 0.172 e. The Morgan fingerprint density at radius 1 is 1.33 bits per heavy atom. The molecule has 1 aromatic carbocycles. The average molecular weight is 370 g/mol. The predicted molar refractivity (Wildman–Crippen MR) is 91.4 cm³/mol. The molecule has 1 unspecified atom stereocenters. The van der Waals surface area contributed by atoms with Crippen LogP contribution in [-0.2, 0) is 6.54 Å². The van der Waals surface area contributed by atoms with Crippen molar-refractivity contribution < 1.29 is 9.84 Å². The molecule has 3 nitrogen and oxygen atoms in total. The molecule has 5 heteroatoms. The summed E-state index contributed by atoms with van der Waals surface area (Å²) in [6.07, 6.45) is 0. The molecule has 0 aliphatic carbocycles. The summed E-state index contributed by atoms with van der Waals surface area (Å²) >= 11 is 5.18. The number of ether oxygens (including phenoxy) is 1. The van der Waals surface area contributed by atoms with Gasteiger partial charge in [-0.1, -0.05) is 0 Å². The molecule has 0 spiro atoms. The lowest BCUT2D eigenvalue weighted by atomic mass is 10.1. The Balaban J connectivity index is 2.09. The van der Waals surface area contributed by atoms with Crippen LogP contribution >= 0.6 is 27.3 Å². The van der Waals surface area contributed by atoms with Crippen molar-refractivity contribution in [3.8, 4) is 11.5 Å². The van der Waals surface area contributed by atoms with Gasteiger partial charge in [-0.25, -0.2) is 0 Å². The van der Waals surface area contributed by atoms with Gasteiger partial charge in [0.25, 0.3) is 0 Å². The summed E-state index contributed by atoms with van der Waals surface area (Å²) in [4.78, 5) is 2.70. The highest BCUT2D eigenvalue weighted by Gasteiger charge is 2.12. The van der Waals surface area contributed by atoms with Gasteiger partial charge in [0.1, 0.15) is 0 Å². The maximum absolute atomic E-state index is 9.83. The molecule has 1 heterocycles. The third-order valence-corrected chi connectivity index (χ3v) is 5.05. The van der Waals surface area contributed by atoms with Gasteiger partial charge in [-0.15, -0.1) is 11.3 Å². The fourth-order valence-corrected chi connectivity index (χ4v) is 3.86. The van der Waals surface area contributed by atoms with Gasteiger partial charge in [-0.2, -0.15) is 0 Å². The molecular weight excluding hydrogens is 350 g/mol. The molecule has 0 aliphatic heterocycles. The molecule has 0 fully saturated rings. The van der Waals surface area contributed by atoms with Crippen molar-refractivity contribution in [1.29, 1.82) is 0 Å². The number of aryl methyl sites for hydroxylation is 2. The minimum absolute atomic E-state index is 0.138. The Morgan fingerprint density at radius 3 is 2.62 bits per heavy atom. The molecule has 0 saturated carbocycles. The van der Waals surface area contributed by atoms with Crippen LogP contribution in [0.5, 0.6) is 11.5 Å². The number of rotatable bonds is 5. The molecule has 0 aliphatic rings. The molecule has 1 atom stereocenters. The summed E-state index contributed by atoms with van der Waals surface area (Å²) in [5.41, 5.74) is 2.41. The van der Waals surface area contributed by atoms with Crippen molar-refractivity contribution in [2.45, 2.75) is 33.4 Å². The number of nitrogens with one attached hydrogen (secondary N) is 1. The largest absolute Gasteiger partial charge is 0.503 e. The van der Waals surface area contributed by atoms with E-state index in [9.17, 15) is 5.11 Å². The lowest BCUT2D eigenvalue weighted by Gasteiger charge is -2.15. The summed E-state index contributed by atoms with van der Waals surface area (Å²) in [5.74, 6) is 0.620. The first-order valence-corrected chi connectivity index (χ1v) is 8.39. The predicted octanol–water partition coefficient (Wildman–Crippen LogP) is 4.69. The van der Waals surface area contributed by atoms with Crippen LogP contribution < -0.4 is 10.1 Å². The number of halogens is 1. The van der Waals surface area contributed by atoms with Gasteiger partial charge in [0.05, 0.1) is 11.6 Å². The van der Waals surface area contributed by atoms with E-state index in [0.29, 0.717) is 16.8 Å². The van der Waals surface area contributed by atoms with E-state index >= 15 is 0 Å². The second-order valence-electron chi connectivity index (χ2n) is 5.10. The lowest BCUT2D eigenvalue weighted by Crippen LogP contribution is -2.18. The van der Waals surface area contributed by atoms with Crippen molar-refractivity contribution >= 4 is 27.3 Å². The second kappa shape index (κ2) is 6.81. The van der Waals surface area contributed by atoms with Crippen molar-refractivity contribution in [3.63, 3.8) is 0 Å². The monoisotopic (exact) mass is 369 g/mol. The van der Waals surface area contributed by atoms with E-state index in [4.69, 9.17) is 4.74 Å². The number of aromatic hydroxyl groups is 1. The van der Waals surface area contributed by atoms with Gasteiger partial charge in [-0.05, 0) is 66.0 Å². The number of thiophene rings is 1. The summed E-state index contributed by atoms with van der Waals surface area (Å²) in [5, 5.41) is 13.3. The molecule has 2 N–H and O–H groups in total. The molecule has 0 radical (unpaired) electrons. The van der Waals surface area contributed by atoms with E-state index in [2.05, 4.69) is 48.1 Å². The molecule has 0 saturated heterocycles. The van der Waals surface area contributed by atoms with Crippen LogP contribution in [0.15, 0.2) is 22.7 Å². The van der Waals surface area contributed by atoms with E-state index < -0.39 is 0 Å². The van der Waals surface area contributed by atoms with Gasteiger partial charge < -0.3 is 15.2 Å². The Hall–Kier alpha value is -1.04. The number of phenols is 1. The minimum Gasteiger partial charge on any atom is -0.503 e. The van der Waals surface area contributed by atoms with Crippen LogP contribution in [0.2, 0.25) is 0 Å². The van der Waals surface area contributed by atoms with E-state index in [0.717, 1.165) is 5.56 Å². The Morgan fingerprint density at radius 2 is 2.05 bits per heavy atom. The number of methoxy groups -OCH3 is 1. The number of hydrogen-bond donors (Lipinski definition) is 2. The standard InChI is InChI=1S/C16H20BrNO2S/c1-9-5-13(11(3)21-9)10(2)18-8-12-6-14(17)16(19)15(7-12)20-4/h5-7,10,18-19H,8H2,1-4H3. The number of benzene rings is 1. The van der Waals surface area contributed by atoms with Crippen molar-refractivity contribution in [1.82, 2.24) is 5.32 Å². The maximum atomic E-state index is 9.83. The molecular formula is C16H20BrNO2S. The van der Waals surface area contributed by atoms with Gasteiger partial charge in [0, 0.05) is 22.3 Å². The van der Waals surface area contributed by atoms with E-state index in [1.54, 1.807) is 7.11 Å². The molecule has 1 aromatic heterocycles. The quantitative estimate of drug-likeness (QED) is 0.802. The highest BCUT2D eigenvalue weighted by Crippen LogP contribution is 2.35. The summed E-state index contributed by atoms with van der Waals surface area (Å²) < 4.78 is 5.82. The van der Waals surface area contributed by atoms with Crippen LogP contribution in [-0.4, -0.2) is 12.2 Å². The fraction of sp³-hybridized carbons (Fsp3) is 0.375. The average Bonchev–Trinajstić information content (AvgIpc) is 2.78. The number of hydrogen-bond acceptors (Lipinski definition) is 4. The van der Waals surface area contributed by atoms with E-state index in [1.807, 2.05) is 23.5 Å². The van der Waals surface area contributed by atoms with E-state index in [1.165, 1.54) is 15.3 Å². The Kier molecular flexibility index (Phi) is 5.30. The summed E-state index contributed by atoms with van der Waals surface area (Å²) in [6.45, 7) is 7.17. The highest BCUT2D eigenvalue weighted by atomic mass is 79.9. The van der Waals surface area contributed by atoms with Crippen LogP contribution in [0.3, 0.4) is 0 Å². The Bertz CT molecular complexity index is 639. The summed E-state index contributed by atoms with van der Waals surface area (Å²) in [7, 11) is 1.55. The minimum atomic E-state index is 0.138. The first-order chi connectivity index (χ1) is 9.92. The molecule has 114 valence electrons. The smallest absolute Gasteiger partial charge is 0.172 e. The molecule has 0 bridgehead atoms. The molecule has 21 heavy (non-hydrogen) atoms. The topological polar surface area (TPSA) is 41.5 Å².